The van der Waals surface area contributed by atoms with E-state index in [-0.39, 0.29) is 0 Å². The van der Waals surface area contributed by atoms with Gasteiger partial charge in [-0.05, 0) is 25.7 Å². The van der Waals surface area contributed by atoms with Gasteiger partial charge in [0.25, 0.3) is 0 Å². The molecule has 3 nitrogen and oxygen atoms in total. The average molecular weight is 208 g/mol. The van der Waals surface area contributed by atoms with Crippen LogP contribution >= 0.6 is 0 Å². The Morgan fingerprint density at radius 3 is 3.13 bits per heavy atom. The fourth-order valence-corrected chi connectivity index (χ4v) is 2.42. The van der Waals surface area contributed by atoms with Gasteiger partial charge in [0.05, 0.1) is 0 Å². The third kappa shape index (κ3) is 2.59. The third-order valence-corrected chi connectivity index (χ3v) is 3.37. The van der Waals surface area contributed by atoms with E-state index in [0.29, 0.717) is 24.3 Å². The van der Waals surface area contributed by atoms with Gasteiger partial charge in [0.15, 0.2) is 0 Å². The van der Waals surface area contributed by atoms with Gasteiger partial charge in [-0.3, -0.25) is 4.79 Å². The van der Waals surface area contributed by atoms with Crippen LogP contribution in [0.25, 0.3) is 0 Å². The van der Waals surface area contributed by atoms with Crippen molar-refractivity contribution in [2.45, 2.75) is 32.2 Å². The lowest BCUT2D eigenvalue weighted by atomic mass is 10.0. The fraction of sp³-hybridized carbons (Fsp3) is 0.750. The second-order valence-electron chi connectivity index (χ2n) is 4.61. The standard InChI is InChI=1S/C12H20N2O/c1-10-9-13-6-7-14(10)12(15)8-11-4-2-3-5-11/h2,4,10-11,13H,3,5-9H2,1H3. The number of amides is 1. The number of hydrogen-bond donors (Lipinski definition) is 1. The summed E-state index contributed by atoms with van der Waals surface area (Å²) in [6.45, 7) is 4.87. The number of nitrogens with zero attached hydrogens (tertiary/aromatic N) is 1. The molecule has 1 N–H and O–H groups in total. The first-order valence-corrected chi connectivity index (χ1v) is 5.94. The molecule has 84 valence electrons. The van der Waals surface area contributed by atoms with Crippen LogP contribution < -0.4 is 5.32 Å². The molecule has 15 heavy (non-hydrogen) atoms. The normalized spacial score (nSPS) is 30.9. The van der Waals surface area contributed by atoms with Crippen LogP contribution in [0.1, 0.15) is 26.2 Å². The molecular formula is C12H20N2O. The zero-order valence-electron chi connectivity index (χ0n) is 9.41. The Kier molecular flexibility index (Phi) is 3.41. The van der Waals surface area contributed by atoms with Crippen molar-refractivity contribution >= 4 is 5.91 Å². The maximum atomic E-state index is 12.0. The van der Waals surface area contributed by atoms with Gasteiger partial charge in [-0.2, -0.15) is 0 Å². The molecule has 1 fully saturated rings. The molecule has 0 aromatic rings. The molecule has 3 heteroatoms. The molecule has 0 aromatic carbocycles. The predicted octanol–water partition coefficient (Wildman–Crippen LogP) is 1.16. The Bertz CT molecular complexity index is 262. The van der Waals surface area contributed by atoms with Crippen LogP contribution in [0, 0.1) is 5.92 Å². The van der Waals surface area contributed by atoms with Crippen molar-refractivity contribution in [3.8, 4) is 0 Å². The van der Waals surface area contributed by atoms with Crippen molar-refractivity contribution in [3.05, 3.63) is 12.2 Å². The third-order valence-electron chi connectivity index (χ3n) is 3.37. The molecule has 1 saturated heterocycles. The Morgan fingerprint density at radius 1 is 1.60 bits per heavy atom. The molecule has 1 heterocycles. The number of nitrogens with one attached hydrogen (secondary N) is 1. The van der Waals surface area contributed by atoms with E-state index in [9.17, 15) is 4.79 Å². The zero-order valence-corrected chi connectivity index (χ0v) is 9.41. The summed E-state index contributed by atoms with van der Waals surface area (Å²) in [6, 6.07) is 0.358. The molecule has 2 unspecified atom stereocenters. The Balaban J connectivity index is 1.85. The number of hydrogen-bond acceptors (Lipinski definition) is 2. The molecule has 2 atom stereocenters. The average Bonchev–Trinajstić information content (AvgIpc) is 2.71. The lowest BCUT2D eigenvalue weighted by Gasteiger charge is -2.34. The summed E-state index contributed by atoms with van der Waals surface area (Å²) in [4.78, 5) is 14.1. The molecule has 0 bridgehead atoms. The molecular weight excluding hydrogens is 188 g/mol. The summed E-state index contributed by atoms with van der Waals surface area (Å²) in [5, 5.41) is 3.31. The van der Waals surface area contributed by atoms with E-state index in [4.69, 9.17) is 0 Å². The van der Waals surface area contributed by atoms with Crippen LogP contribution in [0.2, 0.25) is 0 Å². The van der Waals surface area contributed by atoms with Crippen molar-refractivity contribution in [2.24, 2.45) is 5.92 Å². The number of carbonyl (C=O) groups excluding carboxylic acids is 1. The molecule has 1 aliphatic carbocycles. The van der Waals surface area contributed by atoms with Gasteiger partial charge in [-0.1, -0.05) is 12.2 Å². The van der Waals surface area contributed by atoms with E-state index in [1.807, 2.05) is 4.90 Å². The minimum Gasteiger partial charge on any atom is -0.337 e. The van der Waals surface area contributed by atoms with Crippen LogP contribution in [0.15, 0.2) is 12.2 Å². The lowest BCUT2D eigenvalue weighted by Crippen LogP contribution is -2.52. The van der Waals surface area contributed by atoms with E-state index in [0.717, 1.165) is 32.5 Å². The second kappa shape index (κ2) is 4.79. The molecule has 0 spiro atoms. The van der Waals surface area contributed by atoms with E-state index in [1.165, 1.54) is 0 Å². The highest BCUT2D eigenvalue weighted by atomic mass is 16.2. The van der Waals surface area contributed by atoms with Gasteiger partial charge in [0.1, 0.15) is 0 Å². The van der Waals surface area contributed by atoms with Gasteiger partial charge in [0.2, 0.25) is 5.91 Å². The maximum Gasteiger partial charge on any atom is 0.223 e. The zero-order chi connectivity index (χ0) is 10.7. The van der Waals surface area contributed by atoms with Crippen molar-refractivity contribution in [3.63, 3.8) is 0 Å². The topological polar surface area (TPSA) is 32.3 Å². The number of piperazine rings is 1. The van der Waals surface area contributed by atoms with Crippen LogP contribution in [0.3, 0.4) is 0 Å². The Morgan fingerprint density at radius 2 is 2.47 bits per heavy atom. The van der Waals surface area contributed by atoms with Crippen LogP contribution in [-0.2, 0) is 4.79 Å². The molecule has 0 radical (unpaired) electrons. The summed E-state index contributed by atoms with van der Waals surface area (Å²) in [7, 11) is 0. The minimum atomic E-state index is 0.334. The van der Waals surface area contributed by atoms with Gasteiger partial charge in [-0.25, -0.2) is 0 Å². The molecule has 1 aliphatic heterocycles. The molecule has 0 aromatic heterocycles. The van der Waals surface area contributed by atoms with Crippen molar-refractivity contribution in [1.29, 1.82) is 0 Å². The highest BCUT2D eigenvalue weighted by Crippen LogP contribution is 2.21. The van der Waals surface area contributed by atoms with Crippen LogP contribution in [-0.4, -0.2) is 36.5 Å². The van der Waals surface area contributed by atoms with E-state index in [2.05, 4.69) is 24.4 Å². The molecule has 2 aliphatic rings. The first kappa shape index (κ1) is 10.7. The fourth-order valence-electron chi connectivity index (χ4n) is 2.42. The van der Waals surface area contributed by atoms with Crippen LogP contribution in [0.5, 0.6) is 0 Å². The minimum absolute atomic E-state index is 0.334. The Labute approximate surface area is 91.5 Å². The van der Waals surface area contributed by atoms with E-state index < -0.39 is 0 Å². The number of carbonyl (C=O) groups is 1. The van der Waals surface area contributed by atoms with Crippen molar-refractivity contribution in [2.75, 3.05) is 19.6 Å². The summed E-state index contributed by atoms with van der Waals surface area (Å²) in [5.74, 6) is 0.833. The van der Waals surface area contributed by atoms with Crippen molar-refractivity contribution in [1.82, 2.24) is 10.2 Å². The van der Waals surface area contributed by atoms with Gasteiger partial charge in [0, 0.05) is 32.1 Å². The molecule has 2 rings (SSSR count). The first-order chi connectivity index (χ1) is 7.27. The highest BCUT2D eigenvalue weighted by molar-refractivity contribution is 5.77. The monoisotopic (exact) mass is 208 g/mol. The van der Waals surface area contributed by atoms with Gasteiger partial charge < -0.3 is 10.2 Å². The first-order valence-electron chi connectivity index (χ1n) is 5.94. The highest BCUT2D eigenvalue weighted by Gasteiger charge is 2.24. The van der Waals surface area contributed by atoms with Gasteiger partial charge >= 0.3 is 0 Å². The van der Waals surface area contributed by atoms with E-state index in [1.54, 1.807) is 0 Å². The summed E-state index contributed by atoms with van der Waals surface area (Å²) in [6.07, 6.45) is 7.41. The number of rotatable bonds is 2. The predicted molar refractivity (Wildman–Crippen MR) is 60.5 cm³/mol. The van der Waals surface area contributed by atoms with Crippen molar-refractivity contribution < 1.29 is 4.79 Å². The SMILES string of the molecule is CC1CNCCN1C(=O)CC1C=CCC1. The summed E-state index contributed by atoms with van der Waals surface area (Å²) < 4.78 is 0. The molecule has 1 amide bonds. The number of allylic oxidation sites excluding steroid dienone is 2. The lowest BCUT2D eigenvalue weighted by molar-refractivity contribution is -0.134. The van der Waals surface area contributed by atoms with E-state index >= 15 is 0 Å². The summed E-state index contributed by atoms with van der Waals surface area (Å²) >= 11 is 0. The summed E-state index contributed by atoms with van der Waals surface area (Å²) in [5.41, 5.74) is 0. The second-order valence-corrected chi connectivity index (χ2v) is 4.61. The smallest absolute Gasteiger partial charge is 0.223 e. The van der Waals surface area contributed by atoms with Crippen LogP contribution in [0.4, 0.5) is 0 Å². The van der Waals surface area contributed by atoms with Gasteiger partial charge in [-0.15, -0.1) is 0 Å². The Hall–Kier alpha value is -0.830. The quantitative estimate of drug-likeness (QED) is 0.691. The maximum absolute atomic E-state index is 12.0. The molecule has 0 saturated carbocycles. The largest absolute Gasteiger partial charge is 0.337 e.